The lowest BCUT2D eigenvalue weighted by molar-refractivity contribution is 0.0996. The van der Waals surface area contributed by atoms with E-state index >= 15 is 0 Å². The van der Waals surface area contributed by atoms with Gasteiger partial charge in [-0.3, -0.25) is 4.79 Å². The fourth-order valence-corrected chi connectivity index (χ4v) is 2.96. The number of nitrogens with one attached hydrogen (secondary N) is 1. The summed E-state index contributed by atoms with van der Waals surface area (Å²) in [7, 11) is 2.09. The molecule has 3 rings (SSSR count). The van der Waals surface area contributed by atoms with Crippen LogP contribution in [0.4, 0.5) is 11.4 Å². The lowest BCUT2D eigenvalue weighted by atomic mass is 9.81. The maximum absolute atomic E-state index is 12.0. The maximum Gasteiger partial charge on any atom is 0.291 e. The molecule has 0 saturated heterocycles. The summed E-state index contributed by atoms with van der Waals surface area (Å²) in [6.45, 7) is 6.73. The average molecular weight is 284 g/mol. The highest BCUT2D eigenvalue weighted by Crippen LogP contribution is 2.45. The molecule has 2 aromatic rings. The zero-order valence-corrected chi connectivity index (χ0v) is 12.8. The molecular formula is C17H20N2O2. The van der Waals surface area contributed by atoms with Crippen LogP contribution in [0.5, 0.6) is 0 Å². The van der Waals surface area contributed by atoms with Crippen LogP contribution < -0.4 is 10.2 Å². The Kier molecular flexibility index (Phi) is 3.04. The molecule has 4 heteroatoms. The Hall–Kier alpha value is -2.23. The lowest BCUT2D eigenvalue weighted by Gasteiger charge is -2.28. The Balaban J connectivity index is 1.90. The number of hydrogen-bond donors (Lipinski definition) is 1. The molecule has 4 nitrogen and oxygen atoms in total. The van der Waals surface area contributed by atoms with Crippen LogP contribution >= 0.6 is 0 Å². The Morgan fingerprint density at radius 3 is 2.76 bits per heavy atom. The van der Waals surface area contributed by atoms with Crippen molar-refractivity contribution >= 4 is 17.3 Å². The van der Waals surface area contributed by atoms with Crippen LogP contribution in [-0.4, -0.2) is 19.0 Å². The minimum absolute atomic E-state index is 0.105. The van der Waals surface area contributed by atoms with Crippen molar-refractivity contribution < 1.29 is 9.21 Å². The first-order valence-corrected chi connectivity index (χ1v) is 7.13. The predicted molar refractivity (Wildman–Crippen MR) is 84.0 cm³/mol. The molecule has 1 aliphatic rings. The number of benzene rings is 1. The van der Waals surface area contributed by atoms with E-state index in [2.05, 4.69) is 44.1 Å². The SMILES string of the molecule is C[C@@H]1N(C)c2cc(NC(=O)c3ccco3)ccc2C1(C)C. The highest BCUT2D eigenvalue weighted by molar-refractivity contribution is 6.02. The highest BCUT2D eigenvalue weighted by atomic mass is 16.3. The topological polar surface area (TPSA) is 45.5 Å². The number of anilines is 2. The molecule has 1 N–H and O–H groups in total. The van der Waals surface area contributed by atoms with Gasteiger partial charge in [0.1, 0.15) is 0 Å². The van der Waals surface area contributed by atoms with Crippen molar-refractivity contribution in [3.05, 3.63) is 47.9 Å². The van der Waals surface area contributed by atoms with Crippen molar-refractivity contribution in [2.75, 3.05) is 17.3 Å². The van der Waals surface area contributed by atoms with Gasteiger partial charge in [0, 0.05) is 29.9 Å². The summed E-state index contributed by atoms with van der Waals surface area (Å²) >= 11 is 0. The molecule has 2 heterocycles. The first kappa shape index (κ1) is 13.7. The second-order valence-electron chi connectivity index (χ2n) is 6.17. The third-order valence-electron chi connectivity index (χ3n) is 4.70. The summed E-state index contributed by atoms with van der Waals surface area (Å²) in [5.41, 5.74) is 3.37. The van der Waals surface area contributed by atoms with Gasteiger partial charge in [0.25, 0.3) is 5.91 Å². The average Bonchev–Trinajstić information content (AvgIpc) is 3.04. The quantitative estimate of drug-likeness (QED) is 0.915. The van der Waals surface area contributed by atoms with Crippen LogP contribution in [0.1, 0.15) is 36.9 Å². The van der Waals surface area contributed by atoms with E-state index in [9.17, 15) is 4.79 Å². The highest BCUT2D eigenvalue weighted by Gasteiger charge is 2.40. The number of rotatable bonds is 2. The van der Waals surface area contributed by atoms with E-state index in [4.69, 9.17) is 4.42 Å². The van der Waals surface area contributed by atoms with Crippen molar-refractivity contribution in [1.29, 1.82) is 0 Å². The smallest absolute Gasteiger partial charge is 0.291 e. The Bertz CT molecular complexity index is 674. The van der Waals surface area contributed by atoms with E-state index in [-0.39, 0.29) is 11.3 Å². The number of fused-ring (bicyclic) bond motifs is 1. The fourth-order valence-electron chi connectivity index (χ4n) is 2.96. The third kappa shape index (κ3) is 2.11. The molecule has 0 bridgehead atoms. The van der Waals surface area contributed by atoms with Crippen molar-refractivity contribution in [2.45, 2.75) is 32.2 Å². The Morgan fingerprint density at radius 2 is 2.10 bits per heavy atom. The fraction of sp³-hybridized carbons (Fsp3) is 0.353. The monoisotopic (exact) mass is 284 g/mol. The van der Waals surface area contributed by atoms with E-state index in [0.717, 1.165) is 5.69 Å². The molecule has 0 fully saturated rings. The van der Waals surface area contributed by atoms with Crippen LogP contribution in [-0.2, 0) is 5.41 Å². The first-order valence-electron chi connectivity index (χ1n) is 7.13. The molecule has 0 radical (unpaired) electrons. The molecular weight excluding hydrogens is 264 g/mol. The molecule has 0 spiro atoms. The summed E-state index contributed by atoms with van der Waals surface area (Å²) in [6.07, 6.45) is 1.50. The second-order valence-corrected chi connectivity index (χ2v) is 6.17. The molecule has 0 aliphatic carbocycles. The standard InChI is InChI=1S/C17H20N2O2/c1-11-17(2,3)13-8-7-12(10-14(13)19(11)4)18-16(20)15-6-5-9-21-15/h5-11H,1-4H3,(H,18,20)/t11-/m0/s1. The van der Waals surface area contributed by atoms with Gasteiger partial charge in [-0.1, -0.05) is 19.9 Å². The van der Waals surface area contributed by atoms with Crippen molar-refractivity contribution in [2.24, 2.45) is 0 Å². The van der Waals surface area contributed by atoms with Crippen molar-refractivity contribution in [3.8, 4) is 0 Å². The van der Waals surface area contributed by atoms with Gasteiger partial charge in [-0.25, -0.2) is 0 Å². The van der Waals surface area contributed by atoms with Gasteiger partial charge in [-0.15, -0.1) is 0 Å². The lowest BCUT2D eigenvalue weighted by Crippen LogP contribution is -2.36. The summed E-state index contributed by atoms with van der Waals surface area (Å²) in [5, 5.41) is 2.88. The van der Waals surface area contributed by atoms with Gasteiger partial charge in [0.15, 0.2) is 5.76 Å². The normalized spacial score (nSPS) is 19.4. The minimum Gasteiger partial charge on any atom is -0.459 e. The molecule has 110 valence electrons. The largest absolute Gasteiger partial charge is 0.459 e. The molecule has 1 aromatic carbocycles. The van der Waals surface area contributed by atoms with Crippen LogP contribution in [0.25, 0.3) is 0 Å². The molecule has 0 unspecified atom stereocenters. The number of likely N-dealkylation sites (N-methyl/N-ethyl adjacent to an activating group) is 1. The van der Waals surface area contributed by atoms with Crippen molar-refractivity contribution in [3.63, 3.8) is 0 Å². The summed E-state index contributed by atoms with van der Waals surface area (Å²) in [6, 6.07) is 9.86. The van der Waals surface area contributed by atoms with E-state index in [1.54, 1.807) is 12.1 Å². The van der Waals surface area contributed by atoms with E-state index in [0.29, 0.717) is 11.8 Å². The summed E-state index contributed by atoms with van der Waals surface area (Å²) in [5.74, 6) is 0.0884. The van der Waals surface area contributed by atoms with Crippen LogP contribution in [0.15, 0.2) is 41.0 Å². The minimum atomic E-state index is -0.229. The van der Waals surface area contributed by atoms with Crippen LogP contribution in [0, 0.1) is 0 Å². The van der Waals surface area contributed by atoms with Crippen LogP contribution in [0.3, 0.4) is 0 Å². The number of nitrogens with zero attached hydrogens (tertiary/aromatic N) is 1. The predicted octanol–water partition coefficient (Wildman–Crippen LogP) is 3.65. The van der Waals surface area contributed by atoms with E-state index in [1.807, 2.05) is 12.1 Å². The molecule has 1 atom stereocenters. The molecule has 1 aromatic heterocycles. The number of amides is 1. The maximum atomic E-state index is 12.0. The zero-order chi connectivity index (χ0) is 15.2. The van der Waals surface area contributed by atoms with Crippen molar-refractivity contribution in [1.82, 2.24) is 0 Å². The van der Waals surface area contributed by atoms with E-state index in [1.165, 1.54) is 17.5 Å². The Labute approximate surface area is 124 Å². The summed E-state index contributed by atoms with van der Waals surface area (Å²) in [4.78, 5) is 14.3. The Morgan fingerprint density at radius 1 is 1.33 bits per heavy atom. The molecule has 0 saturated carbocycles. The number of furan rings is 1. The van der Waals surface area contributed by atoms with Gasteiger partial charge < -0.3 is 14.6 Å². The van der Waals surface area contributed by atoms with Crippen LogP contribution in [0.2, 0.25) is 0 Å². The van der Waals surface area contributed by atoms with Gasteiger partial charge in [0.2, 0.25) is 0 Å². The molecule has 21 heavy (non-hydrogen) atoms. The molecule has 1 aliphatic heterocycles. The molecule has 1 amide bonds. The third-order valence-corrected chi connectivity index (χ3v) is 4.70. The number of carbonyl (C=O) groups is 1. The number of carbonyl (C=O) groups excluding carboxylic acids is 1. The van der Waals surface area contributed by atoms with E-state index < -0.39 is 0 Å². The van der Waals surface area contributed by atoms with Gasteiger partial charge >= 0.3 is 0 Å². The summed E-state index contributed by atoms with van der Waals surface area (Å²) < 4.78 is 5.11. The number of hydrogen-bond acceptors (Lipinski definition) is 3. The second kappa shape index (κ2) is 4.65. The first-order chi connectivity index (χ1) is 9.91. The van der Waals surface area contributed by atoms with Gasteiger partial charge in [-0.05, 0) is 36.8 Å². The van der Waals surface area contributed by atoms with Gasteiger partial charge in [-0.2, -0.15) is 0 Å². The zero-order valence-electron chi connectivity index (χ0n) is 12.8. The van der Waals surface area contributed by atoms with Gasteiger partial charge in [0.05, 0.1) is 6.26 Å².